The number of hydrogen-bond acceptors (Lipinski definition) is 9. The van der Waals surface area contributed by atoms with E-state index in [0.29, 0.717) is 28.5 Å². The molecule has 0 atom stereocenters. The Hall–Kier alpha value is -3.66. The molecule has 10 heteroatoms. The van der Waals surface area contributed by atoms with Gasteiger partial charge < -0.3 is 16.9 Å². The van der Waals surface area contributed by atoms with E-state index in [4.69, 9.17) is 11.6 Å². The molecule has 0 fully saturated rings. The van der Waals surface area contributed by atoms with E-state index in [2.05, 4.69) is 43.5 Å². The lowest BCUT2D eigenvalue weighted by Crippen LogP contribution is -2.12. The first kappa shape index (κ1) is 20.6. The number of anilines is 3. The number of para-hydroxylation sites is 1. The lowest BCUT2D eigenvalue weighted by atomic mass is 10.1. The molecule has 2 heterocycles. The standard InChI is InChI=1S/C21H23N9S/c1-3-14-6-4-5-7-16(14)24-20-26-17(25-19(22)27-20)12-31-21-29-28-18(30(21)23)15-10-8-13(2)9-11-15/h4-11H,3,12,23H2,1-2H3,(H3,22,24,25,26,27). The molecule has 0 spiro atoms. The summed E-state index contributed by atoms with van der Waals surface area (Å²) in [6, 6.07) is 16.0. The third-order valence-electron chi connectivity index (χ3n) is 4.65. The average molecular weight is 434 g/mol. The minimum Gasteiger partial charge on any atom is -0.368 e. The topological polar surface area (TPSA) is 133 Å². The highest BCUT2D eigenvalue weighted by Gasteiger charge is 2.14. The average Bonchev–Trinajstić information content (AvgIpc) is 3.13. The predicted molar refractivity (Wildman–Crippen MR) is 123 cm³/mol. The van der Waals surface area contributed by atoms with Gasteiger partial charge in [-0.05, 0) is 25.0 Å². The van der Waals surface area contributed by atoms with Gasteiger partial charge in [0.1, 0.15) is 5.82 Å². The van der Waals surface area contributed by atoms with Gasteiger partial charge in [-0.2, -0.15) is 15.0 Å². The van der Waals surface area contributed by atoms with E-state index >= 15 is 0 Å². The van der Waals surface area contributed by atoms with Gasteiger partial charge in [0.05, 0.1) is 5.75 Å². The molecule has 0 saturated carbocycles. The number of aromatic nitrogens is 6. The summed E-state index contributed by atoms with van der Waals surface area (Å²) in [4.78, 5) is 12.9. The molecule has 0 unspecified atom stereocenters. The van der Waals surface area contributed by atoms with Gasteiger partial charge in [-0.25, -0.2) is 4.68 Å². The van der Waals surface area contributed by atoms with Crippen molar-refractivity contribution >= 4 is 29.3 Å². The second kappa shape index (κ2) is 9.00. The summed E-state index contributed by atoms with van der Waals surface area (Å²) in [6.07, 6.45) is 0.891. The maximum Gasteiger partial charge on any atom is 0.232 e. The summed E-state index contributed by atoms with van der Waals surface area (Å²) in [5, 5.41) is 12.2. The van der Waals surface area contributed by atoms with Gasteiger partial charge in [0.15, 0.2) is 5.82 Å². The Morgan fingerprint density at radius 1 is 1.00 bits per heavy atom. The van der Waals surface area contributed by atoms with Crippen molar-refractivity contribution < 1.29 is 0 Å². The van der Waals surface area contributed by atoms with Crippen molar-refractivity contribution in [3.63, 3.8) is 0 Å². The lowest BCUT2D eigenvalue weighted by molar-refractivity contribution is 0.847. The zero-order valence-corrected chi connectivity index (χ0v) is 18.1. The van der Waals surface area contributed by atoms with Crippen LogP contribution in [0.4, 0.5) is 17.6 Å². The summed E-state index contributed by atoms with van der Waals surface area (Å²) >= 11 is 1.38. The lowest BCUT2D eigenvalue weighted by Gasteiger charge is -2.10. The maximum absolute atomic E-state index is 6.21. The van der Waals surface area contributed by atoms with E-state index in [9.17, 15) is 0 Å². The number of thioether (sulfide) groups is 1. The molecule has 0 aliphatic heterocycles. The zero-order valence-electron chi connectivity index (χ0n) is 17.3. The second-order valence-corrected chi connectivity index (χ2v) is 7.84. The van der Waals surface area contributed by atoms with E-state index in [1.54, 1.807) is 0 Å². The van der Waals surface area contributed by atoms with Gasteiger partial charge in [0.2, 0.25) is 17.1 Å². The number of rotatable bonds is 7. The first-order valence-corrected chi connectivity index (χ1v) is 10.8. The maximum atomic E-state index is 6.21. The van der Waals surface area contributed by atoms with Gasteiger partial charge in [-0.1, -0.05) is 66.7 Å². The third-order valence-corrected chi connectivity index (χ3v) is 5.59. The molecule has 0 saturated heterocycles. The highest BCUT2D eigenvalue weighted by atomic mass is 32.2. The quantitative estimate of drug-likeness (QED) is 0.296. The van der Waals surface area contributed by atoms with E-state index in [1.807, 2.05) is 49.4 Å². The van der Waals surface area contributed by atoms with Gasteiger partial charge in [-0.3, -0.25) is 0 Å². The molecule has 0 amide bonds. The Labute approximate surface area is 184 Å². The smallest absolute Gasteiger partial charge is 0.232 e. The van der Waals surface area contributed by atoms with Crippen LogP contribution in [0, 0.1) is 6.92 Å². The predicted octanol–water partition coefficient (Wildman–Crippen LogP) is 3.33. The molecule has 9 nitrogen and oxygen atoms in total. The summed E-state index contributed by atoms with van der Waals surface area (Å²) in [7, 11) is 0. The highest BCUT2D eigenvalue weighted by molar-refractivity contribution is 7.98. The molecule has 4 aromatic rings. The minimum atomic E-state index is 0.150. The minimum absolute atomic E-state index is 0.150. The van der Waals surface area contributed by atoms with Gasteiger partial charge in [0.25, 0.3) is 0 Å². The normalized spacial score (nSPS) is 10.9. The van der Waals surface area contributed by atoms with E-state index in [0.717, 1.165) is 23.2 Å². The van der Waals surface area contributed by atoms with Gasteiger partial charge in [0, 0.05) is 11.3 Å². The van der Waals surface area contributed by atoms with E-state index in [1.165, 1.54) is 22.0 Å². The Morgan fingerprint density at radius 3 is 2.55 bits per heavy atom. The SMILES string of the molecule is CCc1ccccc1Nc1nc(N)nc(CSc2nnc(-c3ccc(C)cc3)n2N)n1. The van der Waals surface area contributed by atoms with Gasteiger partial charge in [-0.15, -0.1) is 10.2 Å². The van der Waals surface area contributed by atoms with Crippen LogP contribution in [-0.4, -0.2) is 29.8 Å². The first-order valence-electron chi connectivity index (χ1n) is 9.79. The van der Waals surface area contributed by atoms with Crippen molar-refractivity contribution in [3.05, 3.63) is 65.5 Å². The van der Waals surface area contributed by atoms with Crippen molar-refractivity contribution in [2.75, 3.05) is 16.9 Å². The first-order chi connectivity index (χ1) is 15.0. The van der Waals surface area contributed by atoms with Crippen LogP contribution in [0.3, 0.4) is 0 Å². The van der Waals surface area contributed by atoms with Crippen LogP contribution in [-0.2, 0) is 12.2 Å². The van der Waals surface area contributed by atoms with E-state index in [-0.39, 0.29) is 5.95 Å². The fraction of sp³-hybridized carbons (Fsp3) is 0.190. The van der Waals surface area contributed by atoms with Crippen molar-refractivity contribution in [1.29, 1.82) is 0 Å². The third kappa shape index (κ3) is 4.75. The van der Waals surface area contributed by atoms with Crippen LogP contribution in [0.2, 0.25) is 0 Å². The molecule has 2 aromatic heterocycles. The number of benzene rings is 2. The molecule has 0 aliphatic carbocycles. The second-order valence-electron chi connectivity index (χ2n) is 6.90. The molecule has 4 rings (SSSR count). The summed E-state index contributed by atoms with van der Waals surface area (Å²) in [6.45, 7) is 4.13. The molecule has 31 heavy (non-hydrogen) atoms. The van der Waals surface area contributed by atoms with Crippen molar-refractivity contribution in [1.82, 2.24) is 29.8 Å². The van der Waals surface area contributed by atoms with Crippen LogP contribution >= 0.6 is 11.8 Å². The summed E-state index contributed by atoms with van der Waals surface area (Å²) in [5.41, 5.74) is 10.1. The summed E-state index contributed by atoms with van der Waals surface area (Å²) in [5.74, 6) is 8.30. The largest absolute Gasteiger partial charge is 0.368 e. The number of nitrogens with zero attached hydrogens (tertiary/aromatic N) is 6. The molecule has 2 aromatic carbocycles. The molecule has 0 radical (unpaired) electrons. The van der Waals surface area contributed by atoms with Crippen molar-refractivity contribution in [3.8, 4) is 11.4 Å². The number of hydrogen-bond donors (Lipinski definition) is 3. The molecular formula is C21H23N9S. The Morgan fingerprint density at radius 2 is 1.77 bits per heavy atom. The molecular weight excluding hydrogens is 410 g/mol. The molecule has 5 N–H and O–H groups in total. The number of nitrogens with one attached hydrogen (secondary N) is 1. The van der Waals surface area contributed by atoms with Crippen LogP contribution in [0.1, 0.15) is 23.9 Å². The molecule has 0 bridgehead atoms. The fourth-order valence-corrected chi connectivity index (χ4v) is 3.74. The number of nitrogen functional groups attached to an aromatic ring is 2. The number of nitrogens with two attached hydrogens (primary N) is 2. The Kier molecular flexibility index (Phi) is 5.99. The highest BCUT2D eigenvalue weighted by Crippen LogP contribution is 2.25. The summed E-state index contributed by atoms with van der Waals surface area (Å²) < 4.78 is 1.47. The Bertz CT molecular complexity index is 1190. The number of aryl methyl sites for hydroxylation is 2. The van der Waals surface area contributed by atoms with Crippen LogP contribution < -0.4 is 16.9 Å². The monoisotopic (exact) mass is 433 g/mol. The van der Waals surface area contributed by atoms with E-state index < -0.39 is 0 Å². The zero-order chi connectivity index (χ0) is 21.8. The molecule has 158 valence electrons. The fourth-order valence-electron chi connectivity index (χ4n) is 3.03. The molecule has 0 aliphatic rings. The van der Waals surface area contributed by atoms with Crippen LogP contribution in [0.25, 0.3) is 11.4 Å². The van der Waals surface area contributed by atoms with Crippen LogP contribution in [0.5, 0.6) is 0 Å². The van der Waals surface area contributed by atoms with Crippen molar-refractivity contribution in [2.24, 2.45) is 0 Å². The van der Waals surface area contributed by atoms with Crippen LogP contribution in [0.15, 0.2) is 53.7 Å². The van der Waals surface area contributed by atoms with Crippen molar-refractivity contribution in [2.45, 2.75) is 31.2 Å². The Balaban J connectivity index is 1.50. The van der Waals surface area contributed by atoms with Gasteiger partial charge >= 0.3 is 0 Å².